The molecule has 3 atom stereocenters. The summed E-state index contributed by atoms with van der Waals surface area (Å²) < 4.78 is 11.1. The van der Waals surface area contributed by atoms with Gasteiger partial charge in [-0.25, -0.2) is 4.79 Å². The Morgan fingerprint density at radius 3 is 2.86 bits per heavy atom. The van der Waals surface area contributed by atoms with Crippen molar-refractivity contribution >= 4 is 28.7 Å². The van der Waals surface area contributed by atoms with Crippen LogP contribution in [0, 0.1) is 0 Å². The van der Waals surface area contributed by atoms with E-state index in [1.807, 2.05) is 20.8 Å². The molecule has 0 saturated carbocycles. The van der Waals surface area contributed by atoms with Crippen molar-refractivity contribution in [2.45, 2.75) is 42.6 Å². The maximum atomic E-state index is 11.7. The third-order valence-electron chi connectivity index (χ3n) is 2.82. The second-order valence-electron chi connectivity index (χ2n) is 4.23. The summed E-state index contributed by atoms with van der Waals surface area (Å²) in [5.74, 6) is 0. The minimum atomic E-state index is -0.523. The first-order valence-electron chi connectivity index (χ1n) is 4.71. The first-order valence-corrected chi connectivity index (χ1v) is 5.96. The average molecular weight is 311 g/mol. The number of ether oxygens (including phenoxy) is 2. The molecule has 0 spiro atoms. The smallest absolute Gasteiger partial charge is 0.412 e. The van der Waals surface area contributed by atoms with Crippen LogP contribution in [0.25, 0.3) is 0 Å². The van der Waals surface area contributed by atoms with Crippen LogP contribution in [0.1, 0.15) is 20.8 Å². The van der Waals surface area contributed by atoms with E-state index in [0.29, 0.717) is 10.5 Å². The van der Waals surface area contributed by atoms with Gasteiger partial charge >= 0.3 is 6.09 Å². The Balaban J connectivity index is 2.28. The Kier molecular flexibility index (Phi) is 2.42. The first-order chi connectivity index (χ1) is 6.43. The van der Waals surface area contributed by atoms with E-state index in [2.05, 4.69) is 22.6 Å². The SMILES string of the molecule is C[C@H]1OC(=O)N2[C@@H](COC2(C)C)[C@@H]1I. The molecular weight excluding hydrogens is 297 g/mol. The molecule has 80 valence electrons. The molecule has 0 aromatic carbocycles. The largest absolute Gasteiger partial charge is 0.445 e. The molecule has 0 aliphatic carbocycles. The summed E-state index contributed by atoms with van der Waals surface area (Å²) in [5.41, 5.74) is -0.523. The van der Waals surface area contributed by atoms with Crippen molar-refractivity contribution < 1.29 is 14.3 Å². The van der Waals surface area contributed by atoms with E-state index in [1.165, 1.54) is 0 Å². The van der Waals surface area contributed by atoms with Gasteiger partial charge in [0, 0.05) is 0 Å². The normalized spacial score (nSPS) is 40.7. The van der Waals surface area contributed by atoms with E-state index in [9.17, 15) is 4.79 Å². The van der Waals surface area contributed by atoms with Gasteiger partial charge in [0.2, 0.25) is 0 Å². The van der Waals surface area contributed by atoms with E-state index >= 15 is 0 Å². The van der Waals surface area contributed by atoms with E-state index in [1.54, 1.807) is 4.90 Å². The number of carbonyl (C=O) groups excluding carboxylic acids is 1. The lowest BCUT2D eigenvalue weighted by atomic mass is 10.1. The number of amides is 1. The quantitative estimate of drug-likeness (QED) is 0.505. The van der Waals surface area contributed by atoms with Gasteiger partial charge in [-0.3, -0.25) is 4.90 Å². The highest BCUT2D eigenvalue weighted by Crippen LogP contribution is 2.37. The molecule has 2 rings (SSSR count). The third-order valence-corrected chi connectivity index (χ3v) is 4.66. The summed E-state index contributed by atoms with van der Waals surface area (Å²) in [4.78, 5) is 13.4. The summed E-state index contributed by atoms with van der Waals surface area (Å²) in [6.45, 7) is 6.33. The van der Waals surface area contributed by atoms with Gasteiger partial charge in [-0.15, -0.1) is 0 Å². The zero-order chi connectivity index (χ0) is 10.5. The van der Waals surface area contributed by atoms with Gasteiger partial charge in [0.05, 0.1) is 16.6 Å². The molecule has 0 N–H and O–H groups in total. The highest BCUT2D eigenvalue weighted by atomic mass is 127. The first kappa shape index (κ1) is 10.5. The van der Waals surface area contributed by atoms with Gasteiger partial charge < -0.3 is 9.47 Å². The molecule has 0 aromatic heterocycles. The fourth-order valence-electron chi connectivity index (χ4n) is 2.02. The highest BCUT2D eigenvalue weighted by molar-refractivity contribution is 14.1. The average Bonchev–Trinajstić information content (AvgIpc) is 2.38. The van der Waals surface area contributed by atoms with Crippen LogP contribution in [0.2, 0.25) is 0 Å². The number of carbonyl (C=O) groups is 1. The maximum Gasteiger partial charge on any atom is 0.412 e. The van der Waals surface area contributed by atoms with Crippen LogP contribution in [0.5, 0.6) is 0 Å². The van der Waals surface area contributed by atoms with Gasteiger partial charge in [-0.1, -0.05) is 22.6 Å². The molecule has 2 saturated heterocycles. The van der Waals surface area contributed by atoms with Crippen LogP contribution in [0.3, 0.4) is 0 Å². The number of rotatable bonds is 0. The zero-order valence-corrected chi connectivity index (χ0v) is 10.6. The van der Waals surface area contributed by atoms with Crippen molar-refractivity contribution in [3.63, 3.8) is 0 Å². The van der Waals surface area contributed by atoms with E-state index in [-0.39, 0.29) is 18.2 Å². The summed E-state index contributed by atoms with van der Waals surface area (Å²) in [6.07, 6.45) is -0.278. The lowest BCUT2D eigenvalue weighted by Gasteiger charge is -2.40. The highest BCUT2D eigenvalue weighted by Gasteiger charge is 2.52. The summed E-state index contributed by atoms with van der Waals surface area (Å²) in [6, 6.07) is 0.154. The van der Waals surface area contributed by atoms with E-state index in [4.69, 9.17) is 9.47 Å². The molecule has 2 aliphatic heterocycles. The Morgan fingerprint density at radius 2 is 2.21 bits per heavy atom. The molecule has 4 nitrogen and oxygen atoms in total. The summed E-state index contributed by atoms with van der Waals surface area (Å²) in [7, 11) is 0. The Labute approximate surface area is 97.1 Å². The number of cyclic esters (lactones) is 1. The third kappa shape index (κ3) is 1.41. The Morgan fingerprint density at radius 1 is 1.57 bits per heavy atom. The van der Waals surface area contributed by atoms with Crippen molar-refractivity contribution in [2.75, 3.05) is 6.61 Å². The van der Waals surface area contributed by atoms with Crippen molar-refractivity contribution in [2.24, 2.45) is 0 Å². The minimum Gasteiger partial charge on any atom is -0.445 e. The number of alkyl halides is 1. The maximum absolute atomic E-state index is 11.7. The van der Waals surface area contributed by atoms with Crippen LogP contribution in [-0.2, 0) is 9.47 Å². The molecule has 1 amide bonds. The fourth-order valence-corrected chi connectivity index (χ4v) is 2.69. The lowest BCUT2D eigenvalue weighted by molar-refractivity contribution is -0.0634. The molecule has 0 unspecified atom stereocenters. The monoisotopic (exact) mass is 311 g/mol. The molecule has 5 heteroatoms. The molecule has 0 radical (unpaired) electrons. The molecule has 0 bridgehead atoms. The van der Waals surface area contributed by atoms with Crippen molar-refractivity contribution in [3.8, 4) is 0 Å². The van der Waals surface area contributed by atoms with Gasteiger partial charge in [0.1, 0.15) is 11.8 Å². The van der Waals surface area contributed by atoms with Crippen LogP contribution >= 0.6 is 22.6 Å². The Hall–Kier alpha value is -0.0400. The predicted molar refractivity (Wildman–Crippen MR) is 59.4 cm³/mol. The molecule has 2 heterocycles. The van der Waals surface area contributed by atoms with Gasteiger partial charge in [-0.2, -0.15) is 0 Å². The van der Waals surface area contributed by atoms with Crippen LogP contribution in [-0.4, -0.2) is 39.4 Å². The van der Waals surface area contributed by atoms with Crippen molar-refractivity contribution in [1.82, 2.24) is 4.90 Å². The molecule has 2 aliphatic rings. The number of nitrogens with zero attached hydrogens (tertiary/aromatic N) is 1. The summed E-state index contributed by atoms with van der Waals surface area (Å²) in [5, 5.41) is 0. The van der Waals surface area contributed by atoms with Crippen LogP contribution in [0.4, 0.5) is 4.79 Å². The second-order valence-corrected chi connectivity index (χ2v) is 5.67. The standard InChI is InChI=1S/C9H14INO3/c1-5-7(10)6-4-13-9(2,3)11(6)8(12)14-5/h5-7H,4H2,1-3H3/t5-,6+,7-/m1/s1. The predicted octanol–water partition coefficient (Wildman–Crippen LogP) is 1.77. The molecule has 14 heavy (non-hydrogen) atoms. The van der Waals surface area contributed by atoms with E-state index in [0.717, 1.165) is 0 Å². The van der Waals surface area contributed by atoms with E-state index < -0.39 is 5.72 Å². The second kappa shape index (κ2) is 3.23. The Bertz CT molecular complexity index is 269. The number of halogens is 1. The molecule has 2 fully saturated rings. The number of fused-ring (bicyclic) bond motifs is 1. The molecular formula is C9H14INO3. The van der Waals surface area contributed by atoms with Crippen molar-refractivity contribution in [1.29, 1.82) is 0 Å². The fraction of sp³-hybridized carbons (Fsp3) is 0.889. The van der Waals surface area contributed by atoms with Gasteiger partial charge in [-0.05, 0) is 20.8 Å². The van der Waals surface area contributed by atoms with Crippen LogP contribution < -0.4 is 0 Å². The van der Waals surface area contributed by atoms with Crippen LogP contribution in [0.15, 0.2) is 0 Å². The minimum absolute atomic E-state index is 0.0261. The number of hydrogen-bond donors (Lipinski definition) is 0. The van der Waals surface area contributed by atoms with Gasteiger partial charge in [0.15, 0.2) is 0 Å². The topological polar surface area (TPSA) is 38.8 Å². The van der Waals surface area contributed by atoms with Crippen molar-refractivity contribution in [3.05, 3.63) is 0 Å². The van der Waals surface area contributed by atoms with Gasteiger partial charge in [0.25, 0.3) is 0 Å². The zero-order valence-electron chi connectivity index (χ0n) is 8.49. The summed E-state index contributed by atoms with van der Waals surface area (Å²) >= 11 is 2.33. The number of hydrogen-bond acceptors (Lipinski definition) is 3. The lowest BCUT2D eigenvalue weighted by Crippen LogP contribution is -2.58. The molecule has 0 aromatic rings.